The minimum atomic E-state index is -1.16. The van der Waals surface area contributed by atoms with Crippen LogP contribution in [0.25, 0.3) is 0 Å². The smallest absolute Gasteiger partial charge is 0.337 e. The highest BCUT2D eigenvalue weighted by atomic mass is 19.1. The lowest BCUT2D eigenvalue weighted by atomic mass is 10.1. The molecule has 0 aliphatic rings. The van der Waals surface area contributed by atoms with Gasteiger partial charge in [-0.05, 0) is 24.3 Å². The molecule has 1 N–H and O–H groups in total. The second kappa shape index (κ2) is 4.91. The average molecular weight is 249 g/mol. The van der Waals surface area contributed by atoms with E-state index < -0.39 is 11.8 Å². The summed E-state index contributed by atoms with van der Waals surface area (Å²) >= 11 is 0. The van der Waals surface area contributed by atoms with Gasteiger partial charge < -0.3 is 14.4 Å². The molecule has 0 aliphatic carbocycles. The van der Waals surface area contributed by atoms with Gasteiger partial charge in [-0.1, -0.05) is 6.07 Å². The monoisotopic (exact) mass is 249 g/mol. The molecule has 0 saturated carbocycles. The van der Waals surface area contributed by atoms with Gasteiger partial charge in [0.1, 0.15) is 11.6 Å². The number of hydrogen-bond acceptors (Lipinski definition) is 3. The molecule has 2 aromatic rings. The second-order valence-electron chi connectivity index (χ2n) is 3.88. The lowest BCUT2D eigenvalue weighted by Gasteiger charge is -2.20. The van der Waals surface area contributed by atoms with Crippen LogP contribution in [0, 0.1) is 5.82 Å². The van der Waals surface area contributed by atoms with Crippen molar-refractivity contribution in [2.45, 2.75) is 6.54 Å². The van der Waals surface area contributed by atoms with E-state index in [4.69, 9.17) is 9.52 Å². The number of carbonyl (C=O) groups is 1. The Kier molecular flexibility index (Phi) is 3.32. The van der Waals surface area contributed by atoms with Crippen molar-refractivity contribution in [2.24, 2.45) is 0 Å². The van der Waals surface area contributed by atoms with Gasteiger partial charge in [-0.15, -0.1) is 0 Å². The molecule has 94 valence electrons. The van der Waals surface area contributed by atoms with Crippen molar-refractivity contribution in [3.05, 3.63) is 53.7 Å². The fourth-order valence-corrected chi connectivity index (χ4v) is 1.79. The first-order chi connectivity index (χ1) is 8.59. The summed E-state index contributed by atoms with van der Waals surface area (Å²) in [5, 5.41) is 9.05. The van der Waals surface area contributed by atoms with E-state index in [2.05, 4.69) is 0 Å². The number of anilines is 1. The lowest BCUT2D eigenvalue weighted by Crippen LogP contribution is -2.20. The molecule has 2 rings (SSSR count). The van der Waals surface area contributed by atoms with Gasteiger partial charge in [0.05, 0.1) is 24.1 Å². The first kappa shape index (κ1) is 12.2. The maximum absolute atomic E-state index is 13.8. The number of nitrogens with zero attached hydrogens (tertiary/aromatic N) is 1. The van der Waals surface area contributed by atoms with E-state index in [0.717, 1.165) is 0 Å². The minimum Gasteiger partial charge on any atom is -0.478 e. The number of para-hydroxylation sites is 1. The largest absolute Gasteiger partial charge is 0.478 e. The van der Waals surface area contributed by atoms with Crippen LogP contribution in [0.2, 0.25) is 0 Å². The molecular weight excluding hydrogens is 237 g/mol. The van der Waals surface area contributed by atoms with E-state index in [0.29, 0.717) is 12.3 Å². The number of halogens is 1. The number of carboxylic acids is 1. The summed E-state index contributed by atoms with van der Waals surface area (Å²) in [6.07, 6.45) is 1.52. The Bertz CT molecular complexity index is 551. The van der Waals surface area contributed by atoms with E-state index in [-0.39, 0.29) is 11.3 Å². The molecule has 0 saturated heterocycles. The van der Waals surface area contributed by atoms with Crippen molar-refractivity contribution in [1.82, 2.24) is 0 Å². The fourth-order valence-electron chi connectivity index (χ4n) is 1.79. The predicted molar refractivity (Wildman–Crippen MR) is 64.2 cm³/mol. The number of hydrogen-bond donors (Lipinski definition) is 1. The molecule has 5 heteroatoms. The van der Waals surface area contributed by atoms with Crippen LogP contribution >= 0.6 is 0 Å². The molecule has 0 atom stereocenters. The molecule has 18 heavy (non-hydrogen) atoms. The quantitative estimate of drug-likeness (QED) is 0.905. The summed E-state index contributed by atoms with van der Waals surface area (Å²) < 4.78 is 18.9. The predicted octanol–water partition coefficient (Wildman–Crippen LogP) is 2.75. The highest BCUT2D eigenvalue weighted by Gasteiger charge is 2.18. The third-order valence-electron chi connectivity index (χ3n) is 2.57. The summed E-state index contributed by atoms with van der Waals surface area (Å²) in [6, 6.07) is 7.46. The van der Waals surface area contributed by atoms with Gasteiger partial charge in [0.25, 0.3) is 0 Å². The van der Waals surface area contributed by atoms with Gasteiger partial charge in [0.2, 0.25) is 0 Å². The third-order valence-corrected chi connectivity index (χ3v) is 2.57. The average Bonchev–Trinajstić information content (AvgIpc) is 2.81. The Labute approximate surface area is 103 Å². The van der Waals surface area contributed by atoms with E-state index in [9.17, 15) is 9.18 Å². The Morgan fingerprint density at radius 3 is 2.78 bits per heavy atom. The van der Waals surface area contributed by atoms with Gasteiger partial charge in [-0.2, -0.15) is 0 Å². The Balaban J connectivity index is 2.34. The van der Waals surface area contributed by atoms with Crippen molar-refractivity contribution in [3.63, 3.8) is 0 Å². The zero-order valence-electron chi connectivity index (χ0n) is 9.76. The molecule has 1 aromatic carbocycles. The molecule has 0 aliphatic heterocycles. The van der Waals surface area contributed by atoms with E-state index in [1.807, 2.05) is 0 Å². The van der Waals surface area contributed by atoms with Gasteiger partial charge in [-0.3, -0.25) is 0 Å². The van der Waals surface area contributed by atoms with E-state index >= 15 is 0 Å². The molecule has 0 amide bonds. The minimum absolute atomic E-state index is 0.0569. The molecule has 0 unspecified atom stereocenters. The topological polar surface area (TPSA) is 53.7 Å². The Morgan fingerprint density at radius 2 is 2.17 bits per heavy atom. The zero-order chi connectivity index (χ0) is 13.1. The Morgan fingerprint density at radius 1 is 1.39 bits per heavy atom. The van der Waals surface area contributed by atoms with Crippen molar-refractivity contribution in [3.8, 4) is 0 Å². The second-order valence-corrected chi connectivity index (χ2v) is 3.88. The van der Waals surface area contributed by atoms with Gasteiger partial charge >= 0.3 is 5.97 Å². The lowest BCUT2D eigenvalue weighted by molar-refractivity contribution is 0.0697. The van der Waals surface area contributed by atoms with Crippen molar-refractivity contribution < 1.29 is 18.7 Å². The molecule has 1 aromatic heterocycles. The van der Waals surface area contributed by atoms with Crippen LogP contribution in [0.1, 0.15) is 16.1 Å². The first-order valence-corrected chi connectivity index (χ1v) is 5.35. The number of furan rings is 1. The van der Waals surface area contributed by atoms with Crippen LogP contribution in [0.4, 0.5) is 10.1 Å². The molecule has 0 bridgehead atoms. The summed E-state index contributed by atoms with van der Waals surface area (Å²) in [5.41, 5.74) is -0.00884. The van der Waals surface area contributed by atoms with Gasteiger partial charge in [-0.25, -0.2) is 9.18 Å². The summed E-state index contributed by atoms with van der Waals surface area (Å²) in [4.78, 5) is 12.6. The zero-order valence-corrected chi connectivity index (χ0v) is 9.76. The Hall–Kier alpha value is -2.30. The molecule has 0 spiro atoms. The summed E-state index contributed by atoms with van der Waals surface area (Å²) in [5.74, 6) is -1.09. The normalized spacial score (nSPS) is 10.3. The van der Waals surface area contributed by atoms with Crippen LogP contribution in [0.3, 0.4) is 0 Å². The maximum Gasteiger partial charge on any atom is 0.337 e. The van der Waals surface area contributed by atoms with Gasteiger partial charge in [0, 0.05) is 7.05 Å². The highest BCUT2D eigenvalue weighted by Crippen LogP contribution is 2.25. The number of aromatic carboxylic acids is 1. The van der Waals surface area contributed by atoms with Crippen LogP contribution in [-0.4, -0.2) is 18.1 Å². The fraction of sp³-hybridized carbons (Fsp3) is 0.154. The summed E-state index contributed by atoms with van der Waals surface area (Å²) in [6.45, 7) is 0.300. The highest BCUT2D eigenvalue weighted by molar-refractivity contribution is 5.94. The molecule has 4 nitrogen and oxygen atoms in total. The van der Waals surface area contributed by atoms with Crippen LogP contribution < -0.4 is 4.90 Å². The number of benzene rings is 1. The van der Waals surface area contributed by atoms with Gasteiger partial charge in [0.15, 0.2) is 0 Å². The summed E-state index contributed by atoms with van der Waals surface area (Å²) in [7, 11) is 1.62. The standard InChI is InChI=1S/C13H12FNO3/c1-15(8-9-4-3-7-18-9)12-10(13(16)17)5-2-6-11(12)14/h2-7H,8H2,1H3,(H,16,17). The molecular formula is C13H12FNO3. The number of rotatable bonds is 4. The van der Waals surface area contributed by atoms with Crippen LogP contribution in [-0.2, 0) is 6.54 Å². The first-order valence-electron chi connectivity index (χ1n) is 5.35. The SMILES string of the molecule is CN(Cc1ccco1)c1c(F)cccc1C(=O)O. The van der Waals surface area contributed by atoms with Crippen LogP contribution in [0.5, 0.6) is 0 Å². The third kappa shape index (κ3) is 2.34. The van der Waals surface area contributed by atoms with E-state index in [1.54, 1.807) is 19.2 Å². The molecule has 0 radical (unpaired) electrons. The molecule has 1 heterocycles. The van der Waals surface area contributed by atoms with Crippen molar-refractivity contribution in [2.75, 3.05) is 11.9 Å². The van der Waals surface area contributed by atoms with Crippen molar-refractivity contribution >= 4 is 11.7 Å². The van der Waals surface area contributed by atoms with Crippen molar-refractivity contribution in [1.29, 1.82) is 0 Å². The molecule has 0 fully saturated rings. The maximum atomic E-state index is 13.8. The van der Waals surface area contributed by atoms with E-state index in [1.165, 1.54) is 29.4 Å². The number of carboxylic acid groups (broad SMARTS) is 1. The van der Waals surface area contributed by atoms with Crippen LogP contribution in [0.15, 0.2) is 41.0 Å².